The van der Waals surface area contributed by atoms with Gasteiger partial charge in [0.1, 0.15) is 6.04 Å². The predicted octanol–water partition coefficient (Wildman–Crippen LogP) is 0.462. The molecule has 0 amide bonds. The van der Waals surface area contributed by atoms with E-state index in [1.165, 1.54) is 0 Å². The van der Waals surface area contributed by atoms with Crippen molar-refractivity contribution in [3.63, 3.8) is 0 Å². The van der Waals surface area contributed by atoms with E-state index in [-0.39, 0.29) is 6.42 Å². The average Bonchev–Trinajstić information content (AvgIpc) is 1.97. The molecule has 0 aliphatic heterocycles. The van der Waals surface area contributed by atoms with Crippen LogP contribution in [0.5, 0.6) is 0 Å². The SMILES string of the molecule is CCCC(NS(=O)(=O)NC(C)(C)C)C(=O)O. The molecule has 0 aromatic rings. The van der Waals surface area contributed by atoms with Crippen molar-refractivity contribution in [1.29, 1.82) is 0 Å². The summed E-state index contributed by atoms with van der Waals surface area (Å²) in [7, 11) is -3.79. The van der Waals surface area contributed by atoms with Gasteiger partial charge < -0.3 is 5.11 Å². The summed E-state index contributed by atoms with van der Waals surface area (Å²) < 4.78 is 27.5. The average molecular weight is 252 g/mol. The van der Waals surface area contributed by atoms with Crippen molar-refractivity contribution in [3.05, 3.63) is 0 Å². The highest BCUT2D eigenvalue weighted by atomic mass is 32.2. The molecule has 1 unspecified atom stereocenters. The van der Waals surface area contributed by atoms with E-state index in [1.807, 2.05) is 0 Å². The summed E-state index contributed by atoms with van der Waals surface area (Å²) in [5, 5.41) is 8.81. The maximum absolute atomic E-state index is 11.6. The van der Waals surface area contributed by atoms with Gasteiger partial charge in [0.05, 0.1) is 0 Å². The van der Waals surface area contributed by atoms with Gasteiger partial charge >= 0.3 is 5.97 Å². The van der Waals surface area contributed by atoms with Crippen molar-refractivity contribution >= 4 is 16.2 Å². The molecule has 0 radical (unpaired) electrons. The summed E-state index contributed by atoms with van der Waals surface area (Å²) in [4.78, 5) is 10.8. The first-order chi connectivity index (χ1) is 7.07. The smallest absolute Gasteiger partial charge is 0.321 e. The van der Waals surface area contributed by atoms with Crippen LogP contribution in [0.2, 0.25) is 0 Å². The monoisotopic (exact) mass is 252 g/mol. The molecule has 96 valence electrons. The number of rotatable bonds is 6. The van der Waals surface area contributed by atoms with Crippen LogP contribution in [0.4, 0.5) is 0 Å². The Balaban J connectivity index is 4.61. The van der Waals surface area contributed by atoms with E-state index in [0.29, 0.717) is 6.42 Å². The van der Waals surface area contributed by atoms with E-state index in [1.54, 1.807) is 27.7 Å². The molecule has 0 bridgehead atoms. The third-order valence-electron chi connectivity index (χ3n) is 1.61. The minimum Gasteiger partial charge on any atom is -0.480 e. The molecule has 0 rings (SSSR count). The number of carboxylic acid groups (broad SMARTS) is 1. The third-order valence-corrected chi connectivity index (χ3v) is 3.09. The summed E-state index contributed by atoms with van der Waals surface area (Å²) in [5.41, 5.74) is -0.638. The topological polar surface area (TPSA) is 95.5 Å². The molecule has 0 saturated heterocycles. The Labute approximate surface area is 96.6 Å². The zero-order chi connectivity index (χ0) is 13.0. The fourth-order valence-electron chi connectivity index (χ4n) is 1.14. The molecular formula is C9H20N2O4S. The van der Waals surface area contributed by atoms with Crippen LogP contribution in [0.3, 0.4) is 0 Å². The minimum absolute atomic E-state index is 0.264. The second-order valence-corrected chi connectivity index (χ2v) is 6.10. The minimum atomic E-state index is -3.79. The van der Waals surface area contributed by atoms with Gasteiger partial charge in [-0.2, -0.15) is 17.9 Å². The van der Waals surface area contributed by atoms with Crippen LogP contribution in [0.1, 0.15) is 40.5 Å². The molecular weight excluding hydrogens is 232 g/mol. The molecule has 0 aromatic carbocycles. The van der Waals surface area contributed by atoms with Gasteiger partial charge in [-0.15, -0.1) is 0 Å². The highest BCUT2D eigenvalue weighted by Crippen LogP contribution is 2.03. The van der Waals surface area contributed by atoms with E-state index in [2.05, 4.69) is 9.44 Å². The van der Waals surface area contributed by atoms with Gasteiger partial charge in [-0.05, 0) is 27.2 Å². The van der Waals surface area contributed by atoms with Crippen LogP contribution >= 0.6 is 0 Å². The Kier molecular flexibility index (Phi) is 5.37. The summed E-state index contributed by atoms with van der Waals surface area (Å²) in [6, 6.07) is -1.08. The van der Waals surface area contributed by atoms with E-state index < -0.39 is 27.8 Å². The van der Waals surface area contributed by atoms with Crippen LogP contribution in [-0.2, 0) is 15.0 Å². The largest absolute Gasteiger partial charge is 0.480 e. The van der Waals surface area contributed by atoms with Crippen molar-refractivity contribution in [3.8, 4) is 0 Å². The summed E-state index contributed by atoms with van der Waals surface area (Å²) in [6.07, 6.45) is 0.857. The second-order valence-electron chi connectivity index (χ2n) is 4.65. The first-order valence-electron chi connectivity index (χ1n) is 5.11. The lowest BCUT2D eigenvalue weighted by Crippen LogP contribution is -2.51. The van der Waals surface area contributed by atoms with Gasteiger partial charge in [0.15, 0.2) is 0 Å². The lowest BCUT2D eigenvalue weighted by molar-refractivity contribution is -0.139. The first-order valence-corrected chi connectivity index (χ1v) is 6.60. The standard InChI is InChI=1S/C9H20N2O4S/c1-5-6-7(8(12)13)10-16(14,15)11-9(2,3)4/h7,10-11H,5-6H2,1-4H3,(H,12,13). The van der Waals surface area contributed by atoms with Gasteiger partial charge in [-0.3, -0.25) is 4.79 Å². The van der Waals surface area contributed by atoms with Crippen molar-refractivity contribution in [2.24, 2.45) is 0 Å². The summed E-state index contributed by atoms with van der Waals surface area (Å²) >= 11 is 0. The van der Waals surface area contributed by atoms with Crippen molar-refractivity contribution in [2.45, 2.75) is 52.1 Å². The number of aliphatic carboxylic acids is 1. The first kappa shape index (κ1) is 15.3. The molecule has 0 saturated carbocycles. The molecule has 6 nitrogen and oxygen atoms in total. The molecule has 0 aliphatic carbocycles. The number of hydrogen-bond donors (Lipinski definition) is 3. The third kappa shape index (κ3) is 6.76. The number of nitrogens with one attached hydrogen (secondary N) is 2. The molecule has 0 fully saturated rings. The van der Waals surface area contributed by atoms with Crippen LogP contribution in [0, 0.1) is 0 Å². The second kappa shape index (κ2) is 5.60. The fourth-order valence-corrected chi connectivity index (χ4v) is 2.60. The lowest BCUT2D eigenvalue weighted by atomic mass is 10.1. The molecule has 0 aliphatic rings. The summed E-state index contributed by atoms with van der Waals surface area (Å²) in [6.45, 7) is 6.84. The van der Waals surface area contributed by atoms with Crippen molar-refractivity contribution in [2.75, 3.05) is 0 Å². The molecule has 7 heteroatoms. The van der Waals surface area contributed by atoms with Gasteiger partial charge in [-0.25, -0.2) is 0 Å². The van der Waals surface area contributed by atoms with Crippen LogP contribution < -0.4 is 9.44 Å². The zero-order valence-corrected chi connectivity index (χ0v) is 10.9. The van der Waals surface area contributed by atoms with Gasteiger partial charge in [0, 0.05) is 5.54 Å². The molecule has 0 heterocycles. The summed E-state index contributed by atoms with van der Waals surface area (Å²) in [5.74, 6) is -1.17. The predicted molar refractivity (Wildman–Crippen MR) is 61.3 cm³/mol. The van der Waals surface area contributed by atoms with Crippen LogP contribution in [0.15, 0.2) is 0 Å². The zero-order valence-electron chi connectivity index (χ0n) is 10.1. The number of hydrogen-bond acceptors (Lipinski definition) is 3. The Morgan fingerprint density at radius 2 is 1.88 bits per heavy atom. The molecule has 0 aromatic heterocycles. The number of carboxylic acids is 1. The maximum Gasteiger partial charge on any atom is 0.321 e. The quantitative estimate of drug-likeness (QED) is 0.640. The Hall–Kier alpha value is -0.660. The van der Waals surface area contributed by atoms with Gasteiger partial charge in [-0.1, -0.05) is 13.3 Å². The van der Waals surface area contributed by atoms with Crippen LogP contribution in [0.25, 0.3) is 0 Å². The van der Waals surface area contributed by atoms with Gasteiger partial charge in [0.25, 0.3) is 10.2 Å². The Morgan fingerprint density at radius 1 is 1.38 bits per heavy atom. The highest BCUT2D eigenvalue weighted by Gasteiger charge is 2.26. The van der Waals surface area contributed by atoms with Gasteiger partial charge in [0.2, 0.25) is 0 Å². The number of carbonyl (C=O) groups is 1. The maximum atomic E-state index is 11.6. The van der Waals surface area contributed by atoms with E-state index in [9.17, 15) is 13.2 Å². The molecule has 16 heavy (non-hydrogen) atoms. The highest BCUT2D eigenvalue weighted by molar-refractivity contribution is 7.87. The van der Waals surface area contributed by atoms with Crippen molar-refractivity contribution < 1.29 is 18.3 Å². The van der Waals surface area contributed by atoms with E-state index in [0.717, 1.165) is 0 Å². The normalized spacial score (nSPS) is 14.8. The molecule has 1 atom stereocenters. The van der Waals surface area contributed by atoms with E-state index >= 15 is 0 Å². The Morgan fingerprint density at radius 3 is 2.19 bits per heavy atom. The van der Waals surface area contributed by atoms with Crippen LogP contribution in [-0.4, -0.2) is 31.1 Å². The van der Waals surface area contributed by atoms with Crippen molar-refractivity contribution in [1.82, 2.24) is 9.44 Å². The lowest BCUT2D eigenvalue weighted by Gasteiger charge is -2.22. The molecule has 0 spiro atoms. The fraction of sp³-hybridized carbons (Fsp3) is 0.889. The Bertz CT molecular complexity index is 332. The van der Waals surface area contributed by atoms with E-state index in [4.69, 9.17) is 5.11 Å². The molecule has 3 N–H and O–H groups in total.